The van der Waals surface area contributed by atoms with Crippen molar-refractivity contribution in [2.24, 2.45) is 0 Å². The zero-order valence-corrected chi connectivity index (χ0v) is 14.4. The predicted molar refractivity (Wildman–Crippen MR) is 97.5 cm³/mol. The van der Waals surface area contributed by atoms with Gasteiger partial charge in [-0.2, -0.15) is 0 Å². The van der Waals surface area contributed by atoms with Crippen LogP contribution in [0.5, 0.6) is 0 Å². The number of hydrogen-bond acceptors (Lipinski definition) is 5. The van der Waals surface area contributed by atoms with Gasteiger partial charge >= 0.3 is 0 Å². The van der Waals surface area contributed by atoms with Crippen molar-refractivity contribution in [2.45, 2.75) is 6.54 Å². The quantitative estimate of drug-likeness (QED) is 0.629. The minimum atomic E-state index is -0.376. The average molecular weight is 370 g/mol. The lowest BCUT2D eigenvalue weighted by molar-refractivity contribution is -0.123. The van der Waals surface area contributed by atoms with Gasteiger partial charge in [-0.3, -0.25) is 19.5 Å². The van der Waals surface area contributed by atoms with Gasteiger partial charge in [0, 0.05) is 16.5 Å². The molecule has 124 valence electrons. The standard InChI is InChI=1S/C18H11FN2O2S2/c19-14-6-5-11(16-13(14)4-1-7-20-16)10-21-17(22)15(25-18(21)23)9-12-3-2-8-24-12/h1-9H,10H2/b15-9-. The van der Waals surface area contributed by atoms with Crippen LogP contribution in [0.1, 0.15) is 10.4 Å². The summed E-state index contributed by atoms with van der Waals surface area (Å²) in [7, 11) is 0. The predicted octanol–water partition coefficient (Wildman–Crippen LogP) is 4.67. The van der Waals surface area contributed by atoms with Crippen LogP contribution < -0.4 is 0 Å². The van der Waals surface area contributed by atoms with Gasteiger partial charge in [0.15, 0.2) is 0 Å². The molecule has 1 aromatic carbocycles. The molecular weight excluding hydrogens is 359 g/mol. The Hall–Kier alpha value is -2.51. The first kappa shape index (κ1) is 16.0. The first-order valence-electron chi connectivity index (χ1n) is 7.44. The molecule has 2 amide bonds. The number of thioether (sulfide) groups is 1. The fraction of sp³-hybridized carbons (Fsp3) is 0.0556. The van der Waals surface area contributed by atoms with E-state index in [0.717, 1.165) is 16.6 Å². The first-order valence-corrected chi connectivity index (χ1v) is 9.14. The molecule has 3 aromatic rings. The van der Waals surface area contributed by atoms with Crippen molar-refractivity contribution in [1.82, 2.24) is 9.88 Å². The highest BCUT2D eigenvalue weighted by Crippen LogP contribution is 2.34. The van der Waals surface area contributed by atoms with Crippen molar-refractivity contribution in [3.63, 3.8) is 0 Å². The summed E-state index contributed by atoms with van der Waals surface area (Å²) >= 11 is 2.42. The highest BCUT2D eigenvalue weighted by Gasteiger charge is 2.35. The van der Waals surface area contributed by atoms with Gasteiger partial charge in [0.1, 0.15) is 5.82 Å². The average Bonchev–Trinajstić information content (AvgIpc) is 3.21. The number of carbonyl (C=O) groups excluding carboxylic acids is 2. The fourth-order valence-electron chi connectivity index (χ4n) is 2.63. The van der Waals surface area contributed by atoms with Gasteiger partial charge in [0.2, 0.25) is 0 Å². The van der Waals surface area contributed by atoms with Crippen LogP contribution in [-0.2, 0) is 11.3 Å². The number of nitrogens with zero attached hydrogens (tertiary/aromatic N) is 2. The maximum Gasteiger partial charge on any atom is 0.293 e. The van der Waals surface area contributed by atoms with Crippen LogP contribution in [0.25, 0.3) is 17.0 Å². The molecule has 4 rings (SSSR count). The molecule has 0 unspecified atom stereocenters. The van der Waals surface area contributed by atoms with E-state index in [4.69, 9.17) is 0 Å². The molecule has 0 aliphatic carbocycles. The summed E-state index contributed by atoms with van der Waals surface area (Å²) in [5.74, 6) is -0.713. The van der Waals surface area contributed by atoms with Crippen molar-refractivity contribution in [3.8, 4) is 0 Å². The van der Waals surface area contributed by atoms with Gasteiger partial charge in [-0.05, 0) is 53.0 Å². The van der Waals surface area contributed by atoms with E-state index < -0.39 is 0 Å². The van der Waals surface area contributed by atoms with E-state index in [2.05, 4.69) is 4.98 Å². The number of rotatable bonds is 3. The minimum Gasteiger partial charge on any atom is -0.268 e. The SMILES string of the molecule is O=C1S/C(=C\c2cccs2)C(=O)N1Cc1ccc(F)c2cccnc12. The number of aromatic nitrogens is 1. The Balaban J connectivity index is 1.67. The largest absolute Gasteiger partial charge is 0.293 e. The molecule has 25 heavy (non-hydrogen) atoms. The summed E-state index contributed by atoms with van der Waals surface area (Å²) in [5.41, 5.74) is 1.10. The molecule has 3 heterocycles. The molecule has 2 aromatic heterocycles. The molecule has 0 atom stereocenters. The van der Waals surface area contributed by atoms with Crippen molar-refractivity contribution in [2.75, 3.05) is 0 Å². The van der Waals surface area contributed by atoms with E-state index in [1.807, 2.05) is 17.5 Å². The Morgan fingerprint density at radius 2 is 2.04 bits per heavy atom. The number of pyridine rings is 1. The van der Waals surface area contributed by atoms with Crippen LogP contribution in [0.4, 0.5) is 9.18 Å². The molecule has 1 aliphatic heterocycles. The topological polar surface area (TPSA) is 50.3 Å². The summed E-state index contributed by atoms with van der Waals surface area (Å²) < 4.78 is 13.9. The number of fused-ring (bicyclic) bond motifs is 1. The van der Waals surface area contributed by atoms with Gasteiger partial charge in [0.25, 0.3) is 11.1 Å². The lowest BCUT2D eigenvalue weighted by Gasteiger charge is -2.14. The van der Waals surface area contributed by atoms with E-state index in [1.54, 1.807) is 30.5 Å². The molecule has 0 saturated carbocycles. The monoisotopic (exact) mass is 370 g/mol. The van der Waals surface area contributed by atoms with Crippen LogP contribution in [0.15, 0.2) is 52.9 Å². The molecule has 0 radical (unpaired) electrons. The Bertz CT molecular complexity index is 1020. The third-order valence-corrected chi connectivity index (χ3v) is 5.55. The normalized spacial score (nSPS) is 16.4. The van der Waals surface area contributed by atoms with Gasteiger partial charge < -0.3 is 0 Å². The second-order valence-electron chi connectivity index (χ2n) is 5.39. The van der Waals surface area contributed by atoms with E-state index >= 15 is 0 Å². The van der Waals surface area contributed by atoms with Gasteiger partial charge in [-0.1, -0.05) is 12.1 Å². The number of imide groups is 1. The third-order valence-electron chi connectivity index (χ3n) is 3.82. The summed E-state index contributed by atoms with van der Waals surface area (Å²) in [6.07, 6.45) is 3.28. The van der Waals surface area contributed by atoms with E-state index in [-0.39, 0.29) is 23.5 Å². The maximum atomic E-state index is 13.9. The van der Waals surface area contributed by atoms with Crippen molar-refractivity contribution >= 4 is 51.2 Å². The number of benzene rings is 1. The summed E-state index contributed by atoms with van der Waals surface area (Å²) in [5, 5.41) is 1.95. The molecule has 7 heteroatoms. The molecule has 4 nitrogen and oxygen atoms in total. The lowest BCUT2D eigenvalue weighted by atomic mass is 10.1. The van der Waals surface area contributed by atoms with Gasteiger partial charge in [-0.15, -0.1) is 11.3 Å². The van der Waals surface area contributed by atoms with E-state index in [1.165, 1.54) is 22.3 Å². The van der Waals surface area contributed by atoms with Gasteiger partial charge in [-0.25, -0.2) is 4.39 Å². The third kappa shape index (κ3) is 2.96. The summed E-state index contributed by atoms with van der Waals surface area (Å²) in [4.78, 5) is 31.5. The fourth-order valence-corrected chi connectivity index (χ4v) is 4.19. The van der Waals surface area contributed by atoms with Crippen molar-refractivity contribution in [3.05, 3.63) is 69.1 Å². The lowest BCUT2D eigenvalue weighted by Crippen LogP contribution is -2.27. The number of carbonyl (C=O) groups is 2. The second kappa shape index (κ2) is 6.42. The first-order chi connectivity index (χ1) is 12.1. The number of amides is 2. The highest BCUT2D eigenvalue weighted by atomic mass is 32.2. The summed E-state index contributed by atoms with van der Waals surface area (Å²) in [6, 6.07) is 9.95. The van der Waals surface area contributed by atoms with Crippen molar-refractivity contribution < 1.29 is 14.0 Å². The van der Waals surface area contributed by atoms with E-state index in [9.17, 15) is 14.0 Å². The Labute approximate surface area is 151 Å². The molecule has 0 spiro atoms. The van der Waals surface area contributed by atoms with E-state index in [0.29, 0.717) is 21.4 Å². The van der Waals surface area contributed by atoms with Crippen LogP contribution in [-0.4, -0.2) is 21.0 Å². The number of thiophene rings is 1. The van der Waals surface area contributed by atoms with Crippen LogP contribution in [0.3, 0.4) is 0 Å². The minimum absolute atomic E-state index is 0.0697. The molecule has 1 saturated heterocycles. The smallest absolute Gasteiger partial charge is 0.268 e. The molecule has 1 fully saturated rings. The Morgan fingerprint density at radius 3 is 2.84 bits per heavy atom. The molecule has 1 aliphatic rings. The highest BCUT2D eigenvalue weighted by molar-refractivity contribution is 8.18. The van der Waals surface area contributed by atoms with Crippen LogP contribution in [0, 0.1) is 5.82 Å². The Kier molecular flexibility index (Phi) is 4.10. The van der Waals surface area contributed by atoms with Crippen LogP contribution in [0.2, 0.25) is 0 Å². The molecule has 0 bridgehead atoms. The van der Waals surface area contributed by atoms with Crippen LogP contribution >= 0.6 is 23.1 Å². The van der Waals surface area contributed by atoms with Crippen molar-refractivity contribution in [1.29, 1.82) is 0 Å². The maximum absolute atomic E-state index is 13.9. The summed E-state index contributed by atoms with van der Waals surface area (Å²) in [6.45, 7) is 0.0697. The number of halogens is 1. The van der Waals surface area contributed by atoms with Gasteiger partial charge in [0.05, 0.1) is 17.0 Å². The Morgan fingerprint density at radius 1 is 1.16 bits per heavy atom. The zero-order chi connectivity index (χ0) is 17.4. The zero-order valence-electron chi connectivity index (χ0n) is 12.8. The molecule has 0 N–H and O–H groups in total. The second-order valence-corrected chi connectivity index (χ2v) is 7.36. The number of hydrogen-bond donors (Lipinski definition) is 0. The molecular formula is C18H11FN2O2S2.